The fourth-order valence-electron chi connectivity index (χ4n) is 1.93. The molecule has 2 aromatic carbocycles. The molecule has 0 aliphatic rings. The number of rotatable bonds is 5. The van der Waals surface area contributed by atoms with E-state index in [1.54, 1.807) is 12.1 Å². The first-order chi connectivity index (χ1) is 11.3. The second kappa shape index (κ2) is 7.57. The number of hydrogen-bond donors (Lipinski definition) is 1. The molecule has 7 heteroatoms. The van der Waals surface area contributed by atoms with Gasteiger partial charge < -0.3 is 10.1 Å². The number of hydrogen-bond acceptors (Lipinski definition) is 2. The Morgan fingerprint density at radius 3 is 2.46 bits per heavy atom. The molecule has 0 radical (unpaired) electrons. The molecule has 2 aromatic rings. The van der Waals surface area contributed by atoms with E-state index in [0.29, 0.717) is 16.3 Å². The van der Waals surface area contributed by atoms with Gasteiger partial charge in [-0.1, -0.05) is 29.8 Å². The molecule has 0 unspecified atom stereocenters. The predicted molar refractivity (Wildman–Crippen MR) is 85.0 cm³/mol. The highest BCUT2D eigenvalue weighted by molar-refractivity contribution is 6.32. The van der Waals surface area contributed by atoms with E-state index in [9.17, 15) is 18.0 Å². The highest BCUT2D eigenvalue weighted by Gasteiger charge is 2.29. The number of alkyl halides is 3. The van der Waals surface area contributed by atoms with Crippen molar-refractivity contribution in [3.05, 3.63) is 64.2 Å². The third-order valence-electron chi connectivity index (χ3n) is 3.22. The fraction of sp³-hybridized carbons (Fsp3) is 0.235. The molecule has 1 N–H and O–H groups in total. The van der Waals surface area contributed by atoms with Crippen LogP contribution in [0.2, 0.25) is 5.02 Å². The van der Waals surface area contributed by atoms with E-state index in [-0.39, 0.29) is 13.2 Å². The molecule has 0 bridgehead atoms. The number of carbonyl (C=O) groups excluding carboxylic acids is 1. The van der Waals surface area contributed by atoms with Crippen molar-refractivity contribution < 1.29 is 22.7 Å². The highest BCUT2D eigenvalue weighted by Crippen LogP contribution is 2.29. The molecule has 0 atom stereocenters. The summed E-state index contributed by atoms with van der Waals surface area (Å²) in [4.78, 5) is 11.8. The quantitative estimate of drug-likeness (QED) is 0.863. The van der Waals surface area contributed by atoms with Crippen LogP contribution in [-0.2, 0) is 17.5 Å². The van der Waals surface area contributed by atoms with Crippen molar-refractivity contribution in [2.45, 2.75) is 19.6 Å². The normalized spacial score (nSPS) is 11.2. The first-order valence-corrected chi connectivity index (χ1v) is 7.45. The van der Waals surface area contributed by atoms with Gasteiger partial charge in [-0.2, -0.15) is 13.2 Å². The van der Waals surface area contributed by atoms with Gasteiger partial charge in [0.25, 0.3) is 5.91 Å². The lowest BCUT2D eigenvalue weighted by Gasteiger charge is -2.10. The Kier molecular flexibility index (Phi) is 5.72. The average Bonchev–Trinajstić information content (AvgIpc) is 2.53. The Balaban J connectivity index is 1.84. The molecular weight excluding hydrogens is 343 g/mol. The molecule has 0 fully saturated rings. The lowest BCUT2D eigenvalue weighted by molar-refractivity contribution is -0.137. The summed E-state index contributed by atoms with van der Waals surface area (Å²) in [6.07, 6.45) is -4.37. The maximum atomic E-state index is 12.5. The van der Waals surface area contributed by atoms with Gasteiger partial charge >= 0.3 is 6.18 Å². The average molecular weight is 358 g/mol. The van der Waals surface area contributed by atoms with Crippen LogP contribution in [0.4, 0.5) is 13.2 Å². The summed E-state index contributed by atoms with van der Waals surface area (Å²) in [6.45, 7) is 1.75. The van der Waals surface area contributed by atoms with E-state index in [4.69, 9.17) is 16.3 Å². The number of amides is 1. The molecule has 0 heterocycles. The number of halogens is 4. The molecule has 1 amide bonds. The summed E-state index contributed by atoms with van der Waals surface area (Å²) in [5, 5.41) is 2.97. The van der Waals surface area contributed by atoms with E-state index < -0.39 is 17.6 Å². The molecule has 0 saturated heterocycles. The van der Waals surface area contributed by atoms with E-state index in [1.165, 1.54) is 12.1 Å². The summed E-state index contributed by atoms with van der Waals surface area (Å²) in [5.41, 5.74) is 0.777. The Bertz CT molecular complexity index is 715. The minimum absolute atomic E-state index is 0.113. The van der Waals surface area contributed by atoms with Gasteiger partial charge in [0, 0.05) is 6.54 Å². The minimum atomic E-state index is -4.37. The van der Waals surface area contributed by atoms with Crippen molar-refractivity contribution in [2.75, 3.05) is 6.61 Å². The van der Waals surface area contributed by atoms with Crippen LogP contribution in [0, 0.1) is 6.92 Å². The molecule has 0 saturated carbocycles. The van der Waals surface area contributed by atoms with Crippen molar-refractivity contribution in [3.8, 4) is 5.75 Å². The van der Waals surface area contributed by atoms with Crippen LogP contribution in [-0.4, -0.2) is 12.5 Å². The third kappa shape index (κ3) is 5.16. The lowest BCUT2D eigenvalue weighted by Crippen LogP contribution is -2.28. The Hall–Kier alpha value is -2.21. The van der Waals surface area contributed by atoms with E-state index in [1.807, 2.05) is 13.0 Å². The fourth-order valence-corrected chi connectivity index (χ4v) is 2.10. The monoisotopic (exact) mass is 357 g/mol. The van der Waals surface area contributed by atoms with E-state index in [2.05, 4.69) is 5.32 Å². The van der Waals surface area contributed by atoms with Gasteiger partial charge in [-0.15, -0.1) is 0 Å². The number of aryl methyl sites for hydroxylation is 1. The molecular formula is C17H15ClF3NO2. The summed E-state index contributed by atoms with van der Waals surface area (Å²) in [6, 6.07) is 9.80. The van der Waals surface area contributed by atoms with Gasteiger partial charge in [-0.25, -0.2) is 0 Å². The number of carbonyl (C=O) groups is 1. The molecule has 128 valence electrons. The maximum absolute atomic E-state index is 12.5. The molecule has 0 spiro atoms. The van der Waals surface area contributed by atoms with Crippen LogP contribution in [0.1, 0.15) is 16.7 Å². The SMILES string of the molecule is Cc1ccc(Cl)c(OCC(=O)NCc2ccc(C(F)(F)F)cc2)c1. The predicted octanol–water partition coefficient (Wildman–Crippen LogP) is 4.36. The molecule has 0 aliphatic heterocycles. The first-order valence-electron chi connectivity index (χ1n) is 7.07. The van der Waals surface area contributed by atoms with Crippen LogP contribution in [0.15, 0.2) is 42.5 Å². The first kappa shape index (κ1) is 18.1. The number of nitrogens with one attached hydrogen (secondary N) is 1. The summed E-state index contributed by atoms with van der Waals surface area (Å²) >= 11 is 5.96. The second-order valence-corrected chi connectivity index (χ2v) is 5.60. The highest BCUT2D eigenvalue weighted by atomic mass is 35.5. The van der Waals surface area contributed by atoms with Crippen LogP contribution in [0.25, 0.3) is 0 Å². The van der Waals surface area contributed by atoms with E-state index in [0.717, 1.165) is 17.7 Å². The zero-order valence-corrected chi connectivity index (χ0v) is 13.5. The van der Waals surface area contributed by atoms with Gasteiger partial charge in [0.1, 0.15) is 5.75 Å². The van der Waals surface area contributed by atoms with Gasteiger partial charge in [-0.05, 0) is 42.3 Å². The minimum Gasteiger partial charge on any atom is -0.482 e. The molecule has 24 heavy (non-hydrogen) atoms. The van der Waals surface area contributed by atoms with Crippen molar-refractivity contribution in [2.24, 2.45) is 0 Å². The van der Waals surface area contributed by atoms with Crippen molar-refractivity contribution in [1.82, 2.24) is 5.32 Å². The molecule has 0 aromatic heterocycles. The zero-order chi connectivity index (χ0) is 17.7. The maximum Gasteiger partial charge on any atom is 0.416 e. The van der Waals surface area contributed by atoms with Gasteiger partial charge in [0.15, 0.2) is 6.61 Å². The Morgan fingerprint density at radius 1 is 1.17 bits per heavy atom. The topological polar surface area (TPSA) is 38.3 Å². The lowest BCUT2D eigenvalue weighted by atomic mass is 10.1. The van der Waals surface area contributed by atoms with Crippen molar-refractivity contribution in [3.63, 3.8) is 0 Å². The Labute approximate surface area is 142 Å². The largest absolute Gasteiger partial charge is 0.482 e. The summed E-state index contributed by atoms with van der Waals surface area (Å²) < 4.78 is 42.7. The van der Waals surface area contributed by atoms with Gasteiger partial charge in [0.2, 0.25) is 0 Å². The van der Waals surface area contributed by atoms with Gasteiger partial charge in [0.05, 0.1) is 10.6 Å². The van der Waals surface area contributed by atoms with Crippen LogP contribution >= 0.6 is 11.6 Å². The summed E-state index contributed by atoms with van der Waals surface area (Å²) in [5.74, 6) is 0.00816. The van der Waals surface area contributed by atoms with Crippen molar-refractivity contribution in [1.29, 1.82) is 0 Å². The second-order valence-electron chi connectivity index (χ2n) is 5.19. The number of benzene rings is 2. The summed E-state index contributed by atoms with van der Waals surface area (Å²) in [7, 11) is 0. The number of ether oxygens (including phenoxy) is 1. The Morgan fingerprint density at radius 2 is 1.83 bits per heavy atom. The molecule has 2 rings (SSSR count). The van der Waals surface area contributed by atoms with Gasteiger partial charge in [-0.3, -0.25) is 4.79 Å². The molecule has 0 aliphatic carbocycles. The standard InChI is InChI=1S/C17H15ClF3NO2/c1-11-2-7-14(18)15(8-11)24-10-16(23)22-9-12-3-5-13(6-4-12)17(19,20)21/h2-8H,9-10H2,1H3,(H,22,23). The van der Waals surface area contributed by atoms with Crippen LogP contribution in [0.3, 0.4) is 0 Å². The van der Waals surface area contributed by atoms with E-state index >= 15 is 0 Å². The zero-order valence-electron chi connectivity index (χ0n) is 12.8. The smallest absolute Gasteiger partial charge is 0.416 e. The molecule has 3 nitrogen and oxygen atoms in total. The third-order valence-corrected chi connectivity index (χ3v) is 3.53. The van der Waals surface area contributed by atoms with Crippen molar-refractivity contribution >= 4 is 17.5 Å². The van der Waals surface area contributed by atoms with Crippen LogP contribution < -0.4 is 10.1 Å². The van der Waals surface area contributed by atoms with Crippen LogP contribution in [0.5, 0.6) is 5.75 Å².